The van der Waals surface area contributed by atoms with Gasteiger partial charge in [0.1, 0.15) is 11.6 Å². The zero-order valence-electron chi connectivity index (χ0n) is 14.5. The number of aryl methyl sites for hydroxylation is 1. The molecule has 5 heteroatoms. The molecule has 0 amide bonds. The summed E-state index contributed by atoms with van der Waals surface area (Å²) >= 11 is 0. The molecule has 1 aromatic carbocycles. The lowest BCUT2D eigenvalue weighted by Gasteiger charge is -2.43. The predicted molar refractivity (Wildman–Crippen MR) is 95.1 cm³/mol. The van der Waals surface area contributed by atoms with Gasteiger partial charge in [-0.05, 0) is 38.8 Å². The highest BCUT2D eigenvalue weighted by Crippen LogP contribution is 2.33. The summed E-state index contributed by atoms with van der Waals surface area (Å²) in [6.07, 6.45) is 1.65. The highest BCUT2D eigenvalue weighted by Gasteiger charge is 2.36. The van der Waals surface area contributed by atoms with Gasteiger partial charge >= 0.3 is 0 Å². The largest absolute Gasteiger partial charge is 0.507 e. The van der Waals surface area contributed by atoms with E-state index in [1.165, 1.54) is 0 Å². The molecular weight excluding hydrogens is 302 g/mol. The topological polar surface area (TPSA) is 69.5 Å². The van der Waals surface area contributed by atoms with E-state index in [4.69, 9.17) is 0 Å². The van der Waals surface area contributed by atoms with Gasteiger partial charge < -0.3 is 15.1 Å². The number of aromatic nitrogens is 2. The summed E-state index contributed by atoms with van der Waals surface area (Å²) in [4.78, 5) is 11.4. The number of nitrogens with zero attached hydrogens (tertiary/aromatic N) is 3. The van der Waals surface area contributed by atoms with Crippen molar-refractivity contribution in [2.24, 2.45) is 5.92 Å². The lowest BCUT2D eigenvalue weighted by atomic mass is 9.81. The Hall–Kier alpha value is -2.14. The maximum absolute atomic E-state index is 10.5. The maximum atomic E-state index is 10.5. The second-order valence-electron chi connectivity index (χ2n) is 6.87. The van der Waals surface area contributed by atoms with Crippen LogP contribution in [0.25, 0.3) is 11.4 Å². The molecule has 2 aromatic rings. The number of rotatable bonds is 3. The monoisotopic (exact) mass is 327 g/mol. The number of anilines is 1. The van der Waals surface area contributed by atoms with Crippen LogP contribution in [-0.4, -0.2) is 38.9 Å². The molecule has 2 N–H and O–H groups in total. The van der Waals surface area contributed by atoms with E-state index in [1.807, 2.05) is 32.0 Å². The average molecular weight is 327 g/mol. The molecule has 1 fully saturated rings. The van der Waals surface area contributed by atoms with Crippen molar-refractivity contribution < 1.29 is 10.2 Å². The number of hydrogen-bond donors (Lipinski definition) is 2. The van der Waals surface area contributed by atoms with E-state index in [0.29, 0.717) is 11.4 Å². The van der Waals surface area contributed by atoms with Gasteiger partial charge in [-0.25, -0.2) is 9.97 Å². The third kappa shape index (κ3) is 3.22. The first-order valence-corrected chi connectivity index (χ1v) is 8.52. The Labute approximate surface area is 143 Å². The summed E-state index contributed by atoms with van der Waals surface area (Å²) in [5, 5.41) is 20.6. The molecule has 1 aromatic heterocycles. The van der Waals surface area contributed by atoms with Gasteiger partial charge in [-0.2, -0.15) is 0 Å². The molecule has 1 aliphatic rings. The first kappa shape index (κ1) is 16.7. The standard InChI is InChI=1S/C19H25N3O2/c1-4-14-12-22(10-9-19(14,3)24)17-11-13(2)20-18(21-17)15-7-5-6-8-16(15)23/h5-8,11,14,23-24H,4,9-10,12H2,1-3H3/t14-,19+/m1/s1. The van der Waals surface area contributed by atoms with Gasteiger partial charge in [0.15, 0.2) is 5.82 Å². The Morgan fingerprint density at radius 1 is 1.29 bits per heavy atom. The number of benzene rings is 1. The molecule has 0 radical (unpaired) electrons. The van der Waals surface area contributed by atoms with Crippen molar-refractivity contribution in [3.8, 4) is 17.1 Å². The Kier molecular flexibility index (Phi) is 4.45. The summed E-state index contributed by atoms with van der Waals surface area (Å²) in [5.41, 5.74) is 0.885. The maximum Gasteiger partial charge on any atom is 0.165 e. The fourth-order valence-corrected chi connectivity index (χ4v) is 3.39. The second kappa shape index (κ2) is 6.40. The summed E-state index contributed by atoms with van der Waals surface area (Å²) in [5.74, 6) is 1.79. The van der Waals surface area contributed by atoms with Crippen LogP contribution >= 0.6 is 0 Å². The molecule has 2 atom stereocenters. The summed E-state index contributed by atoms with van der Waals surface area (Å²) in [6.45, 7) is 7.52. The second-order valence-corrected chi connectivity index (χ2v) is 6.87. The van der Waals surface area contributed by atoms with E-state index < -0.39 is 5.60 Å². The van der Waals surface area contributed by atoms with Gasteiger partial charge in [0.05, 0.1) is 11.2 Å². The van der Waals surface area contributed by atoms with Crippen molar-refractivity contribution in [2.45, 2.75) is 39.2 Å². The average Bonchev–Trinajstić information content (AvgIpc) is 2.54. The Bertz CT molecular complexity index is 730. The van der Waals surface area contributed by atoms with E-state index in [1.54, 1.807) is 12.1 Å². The van der Waals surface area contributed by atoms with Crippen molar-refractivity contribution in [2.75, 3.05) is 18.0 Å². The number of phenols is 1. The molecular formula is C19H25N3O2. The van der Waals surface area contributed by atoms with Crippen LogP contribution in [0.1, 0.15) is 32.4 Å². The number of aromatic hydroxyl groups is 1. The molecule has 0 spiro atoms. The SMILES string of the molecule is CC[C@@H]1CN(c2cc(C)nc(-c3ccccc3O)n2)CC[C@]1(C)O. The number of para-hydroxylation sites is 1. The van der Waals surface area contributed by atoms with E-state index in [2.05, 4.69) is 21.8 Å². The van der Waals surface area contributed by atoms with Crippen LogP contribution in [0.3, 0.4) is 0 Å². The molecule has 1 aliphatic heterocycles. The van der Waals surface area contributed by atoms with Crippen LogP contribution in [0.15, 0.2) is 30.3 Å². The molecule has 0 aliphatic carbocycles. The summed E-state index contributed by atoms with van der Waals surface area (Å²) in [7, 11) is 0. The van der Waals surface area contributed by atoms with Gasteiger partial charge in [-0.3, -0.25) is 0 Å². The number of phenolic OH excluding ortho intramolecular Hbond substituents is 1. The normalized spacial score (nSPS) is 24.2. The molecule has 3 rings (SSSR count). The lowest BCUT2D eigenvalue weighted by molar-refractivity contribution is -0.0183. The van der Waals surface area contributed by atoms with Crippen molar-refractivity contribution in [1.82, 2.24) is 9.97 Å². The van der Waals surface area contributed by atoms with E-state index in [0.717, 1.165) is 37.4 Å². The Morgan fingerprint density at radius 2 is 2.04 bits per heavy atom. The van der Waals surface area contributed by atoms with Crippen LogP contribution in [0.2, 0.25) is 0 Å². The lowest BCUT2D eigenvalue weighted by Crippen LogP contribution is -2.50. The minimum atomic E-state index is -0.617. The van der Waals surface area contributed by atoms with Crippen LogP contribution in [0, 0.1) is 12.8 Å². The first-order chi connectivity index (χ1) is 11.4. The molecule has 0 bridgehead atoms. The number of hydrogen-bond acceptors (Lipinski definition) is 5. The van der Waals surface area contributed by atoms with E-state index >= 15 is 0 Å². The van der Waals surface area contributed by atoms with Crippen LogP contribution in [0.5, 0.6) is 5.75 Å². The fraction of sp³-hybridized carbons (Fsp3) is 0.474. The highest BCUT2D eigenvalue weighted by molar-refractivity contribution is 5.65. The summed E-state index contributed by atoms with van der Waals surface area (Å²) < 4.78 is 0. The smallest absolute Gasteiger partial charge is 0.165 e. The van der Waals surface area contributed by atoms with Gasteiger partial charge in [0, 0.05) is 30.8 Å². The van der Waals surface area contributed by atoms with Crippen molar-refractivity contribution in [3.63, 3.8) is 0 Å². The number of aliphatic hydroxyl groups is 1. The molecule has 0 unspecified atom stereocenters. The van der Waals surface area contributed by atoms with Crippen molar-refractivity contribution in [3.05, 3.63) is 36.0 Å². The minimum absolute atomic E-state index is 0.182. The van der Waals surface area contributed by atoms with Crippen molar-refractivity contribution in [1.29, 1.82) is 0 Å². The fourth-order valence-electron chi connectivity index (χ4n) is 3.39. The van der Waals surface area contributed by atoms with Crippen LogP contribution in [0.4, 0.5) is 5.82 Å². The molecule has 128 valence electrons. The zero-order chi connectivity index (χ0) is 17.3. The first-order valence-electron chi connectivity index (χ1n) is 8.52. The minimum Gasteiger partial charge on any atom is -0.507 e. The summed E-state index contributed by atoms with van der Waals surface area (Å²) in [6, 6.07) is 9.09. The highest BCUT2D eigenvalue weighted by atomic mass is 16.3. The van der Waals surface area contributed by atoms with Crippen molar-refractivity contribution >= 4 is 5.82 Å². The van der Waals surface area contributed by atoms with E-state index in [9.17, 15) is 10.2 Å². The molecule has 5 nitrogen and oxygen atoms in total. The molecule has 1 saturated heterocycles. The van der Waals surface area contributed by atoms with E-state index in [-0.39, 0.29) is 11.7 Å². The molecule has 0 saturated carbocycles. The van der Waals surface area contributed by atoms with Gasteiger partial charge in [-0.15, -0.1) is 0 Å². The Balaban J connectivity index is 1.94. The van der Waals surface area contributed by atoms with Crippen LogP contribution in [-0.2, 0) is 0 Å². The quantitative estimate of drug-likeness (QED) is 0.906. The predicted octanol–water partition coefficient (Wildman–Crippen LogP) is 3.14. The van der Waals surface area contributed by atoms with Crippen LogP contribution < -0.4 is 4.90 Å². The zero-order valence-corrected chi connectivity index (χ0v) is 14.5. The molecule has 2 heterocycles. The third-order valence-electron chi connectivity index (χ3n) is 5.01. The number of piperidine rings is 1. The van der Waals surface area contributed by atoms with Gasteiger partial charge in [0.2, 0.25) is 0 Å². The van der Waals surface area contributed by atoms with Gasteiger partial charge in [-0.1, -0.05) is 19.1 Å². The third-order valence-corrected chi connectivity index (χ3v) is 5.01. The van der Waals surface area contributed by atoms with Gasteiger partial charge in [0.25, 0.3) is 0 Å². The Morgan fingerprint density at radius 3 is 2.75 bits per heavy atom. The molecule has 24 heavy (non-hydrogen) atoms.